The maximum absolute atomic E-state index is 9.18. The largest absolute Gasteiger partial charge is 0.390 e. The number of nitrogens with zero attached hydrogens (tertiary/aromatic N) is 3. The molecule has 4 rings (SSSR count). The highest BCUT2D eigenvalue weighted by Gasteiger charge is 2.21. The number of aromatic nitrogens is 2. The second-order valence-corrected chi connectivity index (χ2v) is 7.31. The Hall–Kier alpha value is -2.43. The van der Waals surface area contributed by atoms with Gasteiger partial charge in [-0.05, 0) is 55.8 Å². The first-order valence-electron chi connectivity index (χ1n) is 9.12. The fourth-order valence-electron chi connectivity index (χ4n) is 3.81. The van der Waals surface area contributed by atoms with E-state index in [1.807, 2.05) is 18.3 Å². The predicted octanol–water partition coefficient (Wildman–Crippen LogP) is 3.84. The standard InChI is InChI=1S/C22H25N3O/c1-15-4-7-21-19(10-15)20-13-24(3)9-8-22(20)25(21)12-16(2)17-5-6-18(14-26)23-11-17/h4-7,10-12,26H,8-9,13-14H2,1-3H3/b16-12+. The Morgan fingerprint density at radius 2 is 2.12 bits per heavy atom. The Bertz CT molecular complexity index is 983. The molecule has 3 heterocycles. The Morgan fingerprint density at radius 3 is 2.85 bits per heavy atom. The quantitative estimate of drug-likeness (QED) is 0.782. The molecular weight excluding hydrogens is 322 g/mol. The van der Waals surface area contributed by atoms with Crippen LogP contribution in [-0.2, 0) is 19.6 Å². The van der Waals surface area contributed by atoms with E-state index in [2.05, 4.69) is 59.7 Å². The van der Waals surface area contributed by atoms with Gasteiger partial charge in [0.1, 0.15) is 0 Å². The second kappa shape index (κ2) is 6.71. The minimum Gasteiger partial charge on any atom is -0.390 e. The molecule has 0 aliphatic carbocycles. The molecule has 134 valence electrons. The average Bonchev–Trinajstić information content (AvgIpc) is 2.94. The van der Waals surface area contributed by atoms with Crippen LogP contribution in [0, 0.1) is 6.92 Å². The van der Waals surface area contributed by atoms with Crippen molar-refractivity contribution in [3.8, 4) is 0 Å². The first kappa shape index (κ1) is 17.0. The highest BCUT2D eigenvalue weighted by atomic mass is 16.3. The van der Waals surface area contributed by atoms with Gasteiger partial charge in [0.25, 0.3) is 0 Å². The van der Waals surface area contributed by atoms with Crippen LogP contribution in [0.1, 0.15) is 35.0 Å². The molecule has 4 nitrogen and oxygen atoms in total. The normalized spacial score (nSPS) is 15.5. The molecule has 0 amide bonds. The van der Waals surface area contributed by atoms with Crippen LogP contribution in [0.2, 0.25) is 0 Å². The third kappa shape index (κ3) is 2.96. The van der Waals surface area contributed by atoms with Gasteiger partial charge in [0.15, 0.2) is 0 Å². The van der Waals surface area contributed by atoms with E-state index < -0.39 is 0 Å². The van der Waals surface area contributed by atoms with Crippen molar-refractivity contribution < 1.29 is 5.11 Å². The van der Waals surface area contributed by atoms with E-state index in [0.29, 0.717) is 5.69 Å². The lowest BCUT2D eigenvalue weighted by molar-refractivity contribution is 0.277. The molecule has 0 bridgehead atoms. The molecule has 3 aromatic rings. The Morgan fingerprint density at radius 1 is 1.27 bits per heavy atom. The third-order valence-corrected chi connectivity index (χ3v) is 5.30. The number of aliphatic hydroxyl groups is 1. The van der Waals surface area contributed by atoms with Crippen molar-refractivity contribution in [1.29, 1.82) is 0 Å². The van der Waals surface area contributed by atoms with Gasteiger partial charge in [-0.3, -0.25) is 4.98 Å². The number of aryl methyl sites for hydroxylation is 1. The van der Waals surface area contributed by atoms with Gasteiger partial charge in [0.2, 0.25) is 0 Å². The zero-order valence-corrected chi connectivity index (χ0v) is 15.7. The molecule has 0 saturated carbocycles. The lowest BCUT2D eigenvalue weighted by atomic mass is 10.0. The van der Waals surface area contributed by atoms with E-state index in [9.17, 15) is 5.11 Å². The molecule has 26 heavy (non-hydrogen) atoms. The molecule has 1 aliphatic heterocycles. The van der Waals surface area contributed by atoms with Crippen molar-refractivity contribution in [2.45, 2.75) is 33.4 Å². The van der Waals surface area contributed by atoms with Gasteiger partial charge in [-0.2, -0.15) is 0 Å². The summed E-state index contributed by atoms with van der Waals surface area (Å²) in [6.07, 6.45) is 5.13. The van der Waals surface area contributed by atoms with E-state index in [-0.39, 0.29) is 6.61 Å². The van der Waals surface area contributed by atoms with Crippen molar-refractivity contribution in [3.05, 3.63) is 64.6 Å². The summed E-state index contributed by atoms with van der Waals surface area (Å²) in [5.41, 5.74) is 8.39. The number of hydrogen-bond acceptors (Lipinski definition) is 3. The third-order valence-electron chi connectivity index (χ3n) is 5.30. The monoisotopic (exact) mass is 347 g/mol. The van der Waals surface area contributed by atoms with Gasteiger partial charge in [0.05, 0.1) is 17.8 Å². The summed E-state index contributed by atoms with van der Waals surface area (Å²) in [5, 5.41) is 10.5. The number of rotatable bonds is 3. The van der Waals surface area contributed by atoms with Gasteiger partial charge in [-0.1, -0.05) is 17.7 Å². The molecule has 0 fully saturated rings. The molecule has 0 atom stereocenters. The van der Waals surface area contributed by atoms with Crippen LogP contribution >= 0.6 is 0 Å². The lowest BCUT2D eigenvalue weighted by Crippen LogP contribution is -2.26. The van der Waals surface area contributed by atoms with Crippen molar-refractivity contribution in [3.63, 3.8) is 0 Å². The zero-order valence-electron chi connectivity index (χ0n) is 15.7. The van der Waals surface area contributed by atoms with E-state index in [1.54, 1.807) is 0 Å². The minimum absolute atomic E-state index is 0.0222. The van der Waals surface area contributed by atoms with E-state index in [4.69, 9.17) is 0 Å². The van der Waals surface area contributed by atoms with Crippen LogP contribution in [0.25, 0.3) is 22.7 Å². The molecular formula is C22H25N3O. The Kier molecular flexibility index (Phi) is 4.39. The number of fused-ring (bicyclic) bond motifs is 3. The predicted molar refractivity (Wildman–Crippen MR) is 107 cm³/mol. The van der Waals surface area contributed by atoms with Crippen molar-refractivity contribution in [2.75, 3.05) is 13.6 Å². The number of allylic oxidation sites excluding steroid dienone is 1. The van der Waals surface area contributed by atoms with Crippen LogP contribution in [0.4, 0.5) is 0 Å². The number of likely N-dealkylation sites (N-methyl/N-ethyl adjacent to an activating group) is 1. The molecule has 0 radical (unpaired) electrons. The molecule has 2 aromatic heterocycles. The highest BCUT2D eigenvalue weighted by Crippen LogP contribution is 2.32. The molecule has 1 N–H and O–H groups in total. The summed E-state index contributed by atoms with van der Waals surface area (Å²) in [4.78, 5) is 6.70. The first-order valence-corrected chi connectivity index (χ1v) is 9.12. The fraction of sp³-hybridized carbons (Fsp3) is 0.318. The maximum Gasteiger partial charge on any atom is 0.0852 e. The van der Waals surface area contributed by atoms with Crippen LogP contribution in [0.5, 0.6) is 0 Å². The summed E-state index contributed by atoms with van der Waals surface area (Å²) in [5.74, 6) is 0. The molecule has 0 saturated heterocycles. The SMILES string of the molecule is C/C(=C\n1c2c(c3cc(C)ccc31)CN(C)CC2)c1ccc(CO)nc1. The Balaban J connectivity index is 1.85. The fourth-order valence-corrected chi connectivity index (χ4v) is 3.81. The lowest BCUT2D eigenvalue weighted by Gasteiger charge is -2.23. The topological polar surface area (TPSA) is 41.3 Å². The number of hydrogen-bond donors (Lipinski definition) is 1. The van der Waals surface area contributed by atoms with E-state index >= 15 is 0 Å². The highest BCUT2D eigenvalue weighted by molar-refractivity contribution is 5.90. The maximum atomic E-state index is 9.18. The summed E-state index contributed by atoms with van der Waals surface area (Å²) in [6, 6.07) is 10.6. The summed E-state index contributed by atoms with van der Waals surface area (Å²) in [7, 11) is 2.19. The average molecular weight is 347 g/mol. The summed E-state index contributed by atoms with van der Waals surface area (Å²) < 4.78 is 2.37. The van der Waals surface area contributed by atoms with Crippen LogP contribution in [-0.4, -0.2) is 33.1 Å². The van der Waals surface area contributed by atoms with Crippen molar-refractivity contribution in [1.82, 2.24) is 14.5 Å². The molecule has 4 heteroatoms. The van der Waals surface area contributed by atoms with Gasteiger partial charge >= 0.3 is 0 Å². The first-order chi connectivity index (χ1) is 12.6. The van der Waals surface area contributed by atoms with Crippen molar-refractivity contribution in [2.24, 2.45) is 0 Å². The van der Waals surface area contributed by atoms with Gasteiger partial charge in [-0.25, -0.2) is 0 Å². The number of benzene rings is 1. The number of pyridine rings is 1. The van der Waals surface area contributed by atoms with Gasteiger partial charge < -0.3 is 14.6 Å². The van der Waals surface area contributed by atoms with E-state index in [1.165, 1.54) is 33.3 Å². The van der Waals surface area contributed by atoms with Gasteiger partial charge in [0, 0.05) is 43.0 Å². The van der Waals surface area contributed by atoms with Crippen LogP contribution < -0.4 is 0 Å². The van der Waals surface area contributed by atoms with Gasteiger partial charge in [-0.15, -0.1) is 0 Å². The molecule has 0 unspecified atom stereocenters. The zero-order chi connectivity index (χ0) is 18.3. The second-order valence-electron chi connectivity index (χ2n) is 7.31. The summed E-state index contributed by atoms with van der Waals surface area (Å²) >= 11 is 0. The Labute approximate surface area is 154 Å². The smallest absolute Gasteiger partial charge is 0.0852 e. The minimum atomic E-state index is -0.0222. The van der Waals surface area contributed by atoms with E-state index in [0.717, 1.165) is 25.1 Å². The van der Waals surface area contributed by atoms with Crippen molar-refractivity contribution >= 4 is 22.7 Å². The number of aliphatic hydroxyl groups excluding tert-OH is 1. The van der Waals surface area contributed by atoms with Crippen LogP contribution in [0.15, 0.2) is 36.5 Å². The molecule has 1 aromatic carbocycles. The molecule has 0 spiro atoms. The van der Waals surface area contributed by atoms with Crippen LogP contribution in [0.3, 0.4) is 0 Å². The molecule has 1 aliphatic rings. The summed E-state index contributed by atoms with van der Waals surface area (Å²) in [6.45, 7) is 6.34.